The number of hydrogen-bond acceptors (Lipinski definition) is 5. The topological polar surface area (TPSA) is 68.8 Å². The lowest BCUT2D eigenvalue weighted by atomic mass is 10.2. The first-order valence-electron chi connectivity index (χ1n) is 9.16. The van der Waals surface area contributed by atoms with Crippen LogP contribution in [0.15, 0.2) is 42.5 Å². The Kier molecular flexibility index (Phi) is 6.54. The Morgan fingerprint density at radius 1 is 0.926 bits per heavy atom. The van der Waals surface area contributed by atoms with Crippen LogP contribution < -0.4 is 24.8 Å². The highest BCUT2D eigenvalue weighted by Gasteiger charge is 2.28. The lowest BCUT2D eigenvalue weighted by Crippen LogP contribution is -2.32. The minimum atomic E-state index is 0.187. The summed E-state index contributed by atoms with van der Waals surface area (Å²) in [7, 11) is 3.22. The van der Waals surface area contributed by atoms with Gasteiger partial charge in [-0.15, -0.1) is 0 Å². The molecule has 27 heavy (non-hydrogen) atoms. The summed E-state index contributed by atoms with van der Waals surface area (Å²) in [5.41, 5.74) is 1.15. The Hall–Kier alpha value is -2.73. The number of rotatable bonds is 10. The first-order chi connectivity index (χ1) is 13.2. The van der Waals surface area contributed by atoms with Crippen molar-refractivity contribution < 1.29 is 19.0 Å². The molecule has 0 heterocycles. The summed E-state index contributed by atoms with van der Waals surface area (Å²) in [5, 5.41) is 6.27. The number of carbonyl (C=O) groups excluding carboxylic acids is 1. The Bertz CT molecular complexity index is 735. The maximum atomic E-state index is 11.5. The lowest BCUT2D eigenvalue weighted by molar-refractivity contribution is -0.122. The van der Waals surface area contributed by atoms with Crippen LogP contribution in [0.1, 0.15) is 18.4 Å². The van der Waals surface area contributed by atoms with Crippen LogP contribution in [0.25, 0.3) is 0 Å². The minimum Gasteiger partial charge on any atom is -0.496 e. The summed E-state index contributed by atoms with van der Waals surface area (Å²) in [6.07, 6.45) is 2.08. The van der Waals surface area contributed by atoms with Gasteiger partial charge in [-0.3, -0.25) is 4.79 Å². The number of ether oxygens (including phenoxy) is 3. The predicted octanol–water partition coefficient (Wildman–Crippen LogP) is 3.11. The molecule has 0 spiro atoms. The number of benzene rings is 2. The molecule has 0 aromatic heterocycles. The zero-order valence-electron chi connectivity index (χ0n) is 15.8. The molecule has 1 fully saturated rings. The summed E-state index contributed by atoms with van der Waals surface area (Å²) >= 11 is 0. The molecule has 0 atom stereocenters. The molecule has 3 rings (SSSR count). The molecular formula is C21H26N2O4. The third-order valence-corrected chi connectivity index (χ3v) is 4.36. The second kappa shape index (κ2) is 9.28. The average Bonchev–Trinajstić information content (AvgIpc) is 3.54. The molecule has 1 amide bonds. The van der Waals surface area contributed by atoms with Gasteiger partial charge in [0.25, 0.3) is 0 Å². The van der Waals surface area contributed by atoms with E-state index in [1.54, 1.807) is 20.3 Å². The van der Waals surface area contributed by atoms with E-state index in [0.717, 1.165) is 37.2 Å². The van der Waals surface area contributed by atoms with Crippen molar-refractivity contribution in [3.05, 3.63) is 48.0 Å². The van der Waals surface area contributed by atoms with Crippen molar-refractivity contribution in [3.8, 4) is 23.0 Å². The Balaban J connectivity index is 1.45. The van der Waals surface area contributed by atoms with Gasteiger partial charge in [-0.25, -0.2) is 0 Å². The van der Waals surface area contributed by atoms with Crippen LogP contribution in [0.5, 0.6) is 23.0 Å². The fraction of sp³-hybridized carbons (Fsp3) is 0.381. The maximum Gasteiger partial charge on any atom is 0.223 e. The van der Waals surface area contributed by atoms with Crippen molar-refractivity contribution >= 4 is 5.91 Å². The molecule has 1 aliphatic rings. The molecule has 0 radical (unpaired) electrons. The van der Waals surface area contributed by atoms with Crippen LogP contribution in [0.3, 0.4) is 0 Å². The fourth-order valence-electron chi connectivity index (χ4n) is 2.65. The lowest BCUT2D eigenvalue weighted by Gasteiger charge is -2.11. The summed E-state index contributed by atoms with van der Waals surface area (Å²) in [5.74, 6) is 3.21. The quantitative estimate of drug-likeness (QED) is 0.629. The van der Waals surface area contributed by atoms with E-state index in [-0.39, 0.29) is 11.8 Å². The van der Waals surface area contributed by atoms with Crippen molar-refractivity contribution in [2.24, 2.45) is 5.92 Å². The Morgan fingerprint density at radius 3 is 2.15 bits per heavy atom. The molecule has 0 aliphatic heterocycles. The molecule has 6 nitrogen and oxygen atoms in total. The summed E-state index contributed by atoms with van der Waals surface area (Å²) in [6, 6.07) is 13.3. The van der Waals surface area contributed by atoms with Crippen LogP contribution in [0.2, 0.25) is 0 Å². The summed E-state index contributed by atoms with van der Waals surface area (Å²) in [4.78, 5) is 11.5. The van der Waals surface area contributed by atoms with E-state index >= 15 is 0 Å². The van der Waals surface area contributed by atoms with Crippen LogP contribution in [0.4, 0.5) is 0 Å². The molecule has 0 bridgehead atoms. The van der Waals surface area contributed by atoms with Crippen LogP contribution >= 0.6 is 0 Å². The summed E-state index contributed by atoms with van der Waals surface area (Å²) < 4.78 is 16.4. The Labute approximate surface area is 159 Å². The number of carbonyl (C=O) groups is 1. The van der Waals surface area contributed by atoms with Gasteiger partial charge in [-0.05, 0) is 30.5 Å². The van der Waals surface area contributed by atoms with Gasteiger partial charge in [0.2, 0.25) is 5.91 Å². The van der Waals surface area contributed by atoms with Gasteiger partial charge < -0.3 is 24.8 Å². The molecule has 1 aliphatic carbocycles. The van der Waals surface area contributed by atoms with Crippen molar-refractivity contribution in [2.75, 3.05) is 27.3 Å². The second-order valence-electron chi connectivity index (χ2n) is 6.54. The van der Waals surface area contributed by atoms with Gasteiger partial charge in [0.15, 0.2) is 0 Å². The van der Waals surface area contributed by atoms with Crippen LogP contribution in [-0.4, -0.2) is 33.2 Å². The number of hydrogen-bond donors (Lipinski definition) is 2. The molecular weight excluding hydrogens is 344 g/mol. The molecule has 2 aromatic rings. The predicted molar refractivity (Wildman–Crippen MR) is 104 cm³/mol. The van der Waals surface area contributed by atoms with E-state index < -0.39 is 0 Å². The van der Waals surface area contributed by atoms with Crippen molar-refractivity contribution in [1.29, 1.82) is 0 Å². The first-order valence-corrected chi connectivity index (χ1v) is 9.16. The molecule has 1 saturated carbocycles. The van der Waals surface area contributed by atoms with Gasteiger partial charge in [0, 0.05) is 43.8 Å². The molecule has 2 N–H and O–H groups in total. The van der Waals surface area contributed by atoms with Crippen LogP contribution in [-0.2, 0) is 11.3 Å². The standard InChI is InChI=1S/C21H26N2O4/c1-25-18-11-19(26-2)13-20(12-18)27-17-7-3-15(4-8-17)14-22-9-10-23-21(24)16-5-6-16/h3-4,7-8,11-13,16,22H,5-6,9-10,14H2,1-2H3,(H,23,24). The second-order valence-corrected chi connectivity index (χ2v) is 6.54. The fourth-order valence-corrected chi connectivity index (χ4v) is 2.65. The summed E-state index contributed by atoms with van der Waals surface area (Å²) in [6.45, 7) is 2.15. The number of nitrogens with one attached hydrogen (secondary N) is 2. The third-order valence-electron chi connectivity index (χ3n) is 4.36. The third kappa shape index (κ3) is 5.89. The molecule has 2 aromatic carbocycles. The zero-order valence-corrected chi connectivity index (χ0v) is 15.8. The SMILES string of the molecule is COc1cc(OC)cc(Oc2ccc(CNCCNC(=O)C3CC3)cc2)c1. The van der Waals surface area contributed by atoms with Crippen molar-refractivity contribution in [1.82, 2.24) is 10.6 Å². The van der Waals surface area contributed by atoms with E-state index in [1.807, 2.05) is 36.4 Å². The maximum absolute atomic E-state index is 11.5. The molecule has 0 unspecified atom stereocenters. The van der Waals surface area contributed by atoms with Gasteiger partial charge in [-0.2, -0.15) is 0 Å². The molecule has 6 heteroatoms. The van der Waals surface area contributed by atoms with E-state index in [1.165, 1.54) is 0 Å². The van der Waals surface area contributed by atoms with Crippen molar-refractivity contribution in [2.45, 2.75) is 19.4 Å². The Morgan fingerprint density at radius 2 is 1.56 bits per heavy atom. The highest BCUT2D eigenvalue weighted by molar-refractivity contribution is 5.80. The van der Waals surface area contributed by atoms with Gasteiger partial charge in [0.05, 0.1) is 14.2 Å². The molecule has 0 saturated heterocycles. The largest absolute Gasteiger partial charge is 0.496 e. The first kappa shape index (κ1) is 19.0. The van der Waals surface area contributed by atoms with E-state index in [9.17, 15) is 4.79 Å². The molecule has 144 valence electrons. The monoisotopic (exact) mass is 370 g/mol. The van der Waals surface area contributed by atoms with Crippen LogP contribution in [0, 0.1) is 5.92 Å². The van der Waals surface area contributed by atoms with E-state index in [4.69, 9.17) is 14.2 Å². The number of methoxy groups -OCH3 is 2. The average molecular weight is 370 g/mol. The normalized spacial score (nSPS) is 13.1. The van der Waals surface area contributed by atoms with Gasteiger partial charge in [0.1, 0.15) is 23.0 Å². The van der Waals surface area contributed by atoms with E-state index in [2.05, 4.69) is 10.6 Å². The highest BCUT2D eigenvalue weighted by Crippen LogP contribution is 2.31. The minimum absolute atomic E-state index is 0.187. The van der Waals surface area contributed by atoms with Gasteiger partial charge in [-0.1, -0.05) is 12.1 Å². The van der Waals surface area contributed by atoms with E-state index in [0.29, 0.717) is 23.8 Å². The smallest absolute Gasteiger partial charge is 0.223 e. The van der Waals surface area contributed by atoms with Gasteiger partial charge >= 0.3 is 0 Å². The van der Waals surface area contributed by atoms with Crippen molar-refractivity contribution in [3.63, 3.8) is 0 Å². The number of amides is 1. The zero-order chi connectivity index (χ0) is 19.1. The highest BCUT2D eigenvalue weighted by atomic mass is 16.5.